The summed E-state index contributed by atoms with van der Waals surface area (Å²) in [4.78, 5) is 35.4. The monoisotopic (exact) mass is 304 g/mol. The first-order valence-corrected chi connectivity index (χ1v) is 7.36. The number of hydrogen-bond acceptors (Lipinski definition) is 4. The van der Waals surface area contributed by atoms with E-state index in [0.29, 0.717) is 5.69 Å². The SMILES string of the molecule is COC(=O)c1ccccc1NC(=O)CC(=O)NC1CCCC1. The highest BCUT2D eigenvalue weighted by molar-refractivity contribution is 6.06. The molecule has 0 aromatic heterocycles. The number of hydrogen-bond donors (Lipinski definition) is 2. The van der Waals surface area contributed by atoms with Crippen LogP contribution in [-0.2, 0) is 14.3 Å². The quantitative estimate of drug-likeness (QED) is 0.642. The average Bonchev–Trinajstić information content (AvgIpc) is 2.99. The number of rotatable bonds is 5. The highest BCUT2D eigenvalue weighted by Gasteiger charge is 2.19. The Hall–Kier alpha value is -2.37. The van der Waals surface area contributed by atoms with E-state index < -0.39 is 11.9 Å². The van der Waals surface area contributed by atoms with Crippen LogP contribution < -0.4 is 10.6 Å². The lowest BCUT2D eigenvalue weighted by molar-refractivity contribution is -0.127. The number of ether oxygens (including phenoxy) is 1. The fraction of sp³-hybridized carbons (Fsp3) is 0.438. The highest BCUT2D eigenvalue weighted by Crippen LogP contribution is 2.18. The first-order chi connectivity index (χ1) is 10.6. The molecular weight excluding hydrogens is 284 g/mol. The van der Waals surface area contributed by atoms with Gasteiger partial charge in [0.15, 0.2) is 0 Å². The van der Waals surface area contributed by atoms with Crippen molar-refractivity contribution in [3.05, 3.63) is 29.8 Å². The molecule has 118 valence electrons. The summed E-state index contributed by atoms with van der Waals surface area (Å²) in [5.41, 5.74) is 0.600. The third kappa shape index (κ3) is 4.31. The van der Waals surface area contributed by atoms with Gasteiger partial charge >= 0.3 is 5.97 Å². The van der Waals surface area contributed by atoms with Gasteiger partial charge in [-0.15, -0.1) is 0 Å². The van der Waals surface area contributed by atoms with E-state index in [2.05, 4.69) is 15.4 Å². The molecule has 2 rings (SSSR count). The van der Waals surface area contributed by atoms with Gasteiger partial charge in [0.25, 0.3) is 0 Å². The number of anilines is 1. The van der Waals surface area contributed by atoms with Gasteiger partial charge in [-0.2, -0.15) is 0 Å². The Morgan fingerprint density at radius 2 is 1.82 bits per heavy atom. The second kappa shape index (κ2) is 7.59. The molecule has 1 saturated carbocycles. The maximum Gasteiger partial charge on any atom is 0.339 e. The van der Waals surface area contributed by atoms with Gasteiger partial charge in [0.05, 0.1) is 18.4 Å². The topological polar surface area (TPSA) is 84.5 Å². The number of nitrogens with one attached hydrogen (secondary N) is 2. The molecule has 0 saturated heterocycles. The van der Waals surface area contributed by atoms with E-state index in [1.54, 1.807) is 24.3 Å². The minimum absolute atomic E-state index is 0.183. The molecule has 1 aromatic rings. The molecule has 6 heteroatoms. The van der Waals surface area contributed by atoms with Gasteiger partial charge in [0.2, 0.25) is 11.8 Å². The van der Waals surface area contributed by atoms with E-state index in [4.69, 9.17) is 0 Å². The van der Waals surface area contributed by atoms with Gasteiger partial charge in [0, 0.05) is 6.04 Å². The van der Waals surface area contributed by atoms with Crippen LogP contribution in [0, 0.1) is 0 Å². The molecule has 1 aliphatic rings. The van der Waals surface area contributed by atoms with Crippen molar-refractivity contribution in [2.24, 2.45) is 0 Å². The molecule has 0 bridgehead atoms. The van der Waals surface area contributed by atoms with Crippen molar-refractivity contribution in [1.82, 2.24) is 5.32 Å². The second-order valence-corrected chi connectivity index (χ2v) is 5.31. The van der Waals surface area contributed by atoms with Crippen LogP contribution in [0.1, 0.15) is 42.5 Å². The van der Waals surface area contributed by atoms with Crippen molar-refractivity contribution >= 4 is 23.5 Å². The molecule has 0 atom stereocenters. The molecule has 0 unspecified atom stereocenters. The molecule has 6 nitrogen and oxygen atoms in total. The first kappa shape index (κ1) is 16.0. The molecule has 1 fully saturated rings. The lowest BCUT2D eigenvalue weighted by Gasteiger charge is -2.12. The second-order valence-electron chi connectivity index (χ2n) is 5.31. The summed E-state index contributed by atoms with van der Waals surface area (Å²) in [5.74, 6) is -1.28. The Morgan fingerprint density at radius 3 is 2.50 bits per heavy atom. The van der Waals surface area contributed by atoms with Gasteiger partial charge in [-0.1, -0.05) is 25.0 Å². The Bertz CT molecular complexity index is 565. The minimum Gasteiger partial charge on any atom is -0.465 e. The number of carbonyl (C=O) groups excluding carboxylic acids is 3. The molecule has 1 aromatic carbocycles. The highest BCUT2D eigenvalue weighted by atomic mass is 16.5. The van der Waals surface area contributed by atoms with E-state index in [1.165, 1.54) is 7.11 Å². The number of amides is 2. The molecule has 2 N–H and O–H groups in total. The smallest absolute Gasteiger partial charge is 0.339 e. The molecule has 0 radical (unpaired) electrons. The predicted octanol–water partition coefficient (Wildman–Crippen LogP) is 1.86. The van der Waals surface area contributed by atoms with E-state index in [-0.39, 0.29) is 23.9 Å². The molecule has 2 amide bonds. The van der Waals surface area contributed by atoms with Crippen molar-refractivity contribution in [3.8, 4) is 0 Å². The summed E-state index contributed by atoms with van der Waals surface area (Å²) in [6.07, 6.45) is 3.91. The van der Waals surface area contributed by atoms with Crippen molar-refractivity contribution in [2.45, 2.75) is 38.1 Å². The summed E-state index contributed by atoms with van der Waals surface area (Å²) >= 11 is 0. The Kier molecular flexibility index (Phi) is 5.52. The molecule has 22 heavy (non-hydrogen) atoms. The van der Waals surface area contributed by atoms with Crippen LogP contribution in [0.15, 0.2) is 24.3 Å². The predicted molar refractivity (Wildman–Crippen MR) is 81.4 cm³/mol. The summed E-state index contributed by atoms with van der Waals surface area (Å²) in [5, 5.41) is 5.43. The van der Waals surface area contributed by atoms with Crippen molar-refractivity contribution in [1.29, 1.82) is 0 Å². The summed E-state index contributed by atoms with van der Waals surface area (Å²) in [7, 11) is 1.27. The van der Waals surface area contributed by atoms with Crippen LogP contribution in [0.2, 0.25) is 0 Å². The van der Waals surface area contributed by atoms with E-state index >= 15 is 0 Å². The fourth-order valence-electron chi connectivity index (χ4n) is 2.57. The summed E-state index contributed by atoms with van der Waals surface area (Å²) in [6, 6.07) is 6.71. The van der Waals surface area contributed by atoms with Crippen molar-refractivity contribution in [2.75, 3.05) is 12.4 Å². The van der Waals surface area contributed by atoms with Crippen LogP contribution in [0.3, 0.4) is 0 Å². The van der Waals surface area contributed by atoms with Crippen LogP contribution in [-0.4, -0.2) is 30.9 Å². The zero-order valence-corrected chi connectivity index (χ0v) is 12.6. The van der Waals surface area contributed by atoms with Gasteiger partial charge in [0.1, 0.15) is 6.42 Å². The Labute approximate surface area is 129 Å². The number of carbonyl (C=O) groups is 3. The third-order valence-corrected chi connectivity index (χ3v) is 3.65. The summed E-state index contributed by atoms with van der Waals surface area (Å²) in [6.45, 7) is 0. The molecule has 0 aliphatic heterocycles. The Morgan fingerprint density at radius 1 is 1.14 bits per heavy atom. The van der Waals surface area contributed by atoms with Gasteiger partial charge < -0.3 is 15.4 Å². The lowest BCUT2D eigenvalue weighted by atomic mass is 10.1. The molecule has 0 heterocycles. The Balaban J connectivity index is 1.91. The zero-order valence-electron chi connectivity index (χ0n) is 12.6. The van der Waals surface area contributed by atoms with E-state index in [0.717, 1.165) is 25.7 Å². The van der Waals surface area contributed by atoms with Crippen LogP contribution in [0.4, 0.5) is 5.69 Å². The normalized spacial score (nSPS) is 14.4. The lowest BCUT2D eigenvalue weighted by Crippen LogP contribution is -2.35. The number of benzene rings is 1. The van der Waals surface area contributed by atoms with Gasteiger partial charge in [-0.3, -0.25) is 9.59 Å². The molecule has 1 aliphatic carbocycles. The van der Waals surface area contributed by atoms with Gasteiger partial charge in [-0.05, 0) is 25.0 Å². The molecule has 0 spiro atoms. The van der Waals surface area contributed by atoms with Crippen LogP contribution in [0.5, 0.6) is 0 Å². The summed E-state index contributed by atoms with van der Waals surface area (Å²) < 4.78 is 4.66. The zero-order chi connectivity index (χ0) is 15.9. The number of para-hydroxylation sites is 1. The third-order valence-electron chi connectivity index (χ3n) is 3.65. The average molecular weight is 304 g/mol. The first-order valence-electron chi connectivity index (χ1n) is 7.36. The van der Waals surface area contributed by atoms with E-state index in [1.807, 2.05) is 0 Å². The van der Waals surface area contributed by atoms with Gasteiger partial charge in [-0.25, -0.2) is 4.79 Å². The van der Waals surface area contributed by atoms with Crippen molar-refractivity contribution < 1.29 is 19.1 Å². The largest absolute Gasteiger partial charge is 0.465 e. The van der Waals surface area contributed by atoms with Crippen molar-refractivity contribution in [3.63, 3.8) is 0 Å². The number of methoxy groups -OCH3 is 1. The number of esters is 1. The maximum absolute atomic E-state index is 11.9. The van der Waals surface area contributed by atoms with Crippen LogP contribution in [0.25, 0.3) is 0 Å². The standard InChI is InChI=1S/C16H20N2O4/c1-22-16(21)12-8-4-5-9-13(12)18-15(20)10-14(19)17-11-6-2-3-7-11/h4-5,8-9,11H,2-3,6-7,10H2,1H3,(H,17,19)(H,18,20). The van der Waals surface area contributed by atoms with Crippen LogP contribution >= 0.6 is 0 Å². The minimum atomic E-state index is -0.536. The molecular formula is C16H20N2O4. The maximum atomic E-state index is 11.9. The van der Waals surface area contributed by atoms with E-state index in [9.17, 15) is 14.4 Å². The fourth-order valence-corrected chi connectivity index (χ4v) is 2.57.